The molecule has 0 aliphatic rings. The third-order valence-corrected chi connectivity index (χ3v) is 6.89. The van der Waals surface area contributed by atoms with Gasteiger partial charge in [-0.05, 0) is 72.3 Å². The van der Waals surface area contributed by atoms with Gasteiger partial charge in [-0.3, -0.25) is 8.87 Å². The van der Waals surface area contributed by atoms with Gasteiger partial charge in [0.25, 0.3) is 0 Å². The molecule has 0 fully saturated rings. The Morgan fingerprint density at radius 3 is 2.48 bits per heavy atom. The molecule has 0 aliphatic carbocycles. The summed E-state index contributed by atoms with van der Waals surface area (Å²) < 4.78 is 48.9. The molecule has 1 aromatic heterocycles. The van der Waals surface area contributed by atoms with Gasteiger partial charge < -0.3 is 10.1 Å². The number of fused-ring (bicyclic) bond motifs is 3. The number of amides is 2. The van der Waals surface area contributed by atoms with Gasteiger partial charge in [-0.15, -0.1) is 13.2 Å². The summed E-state index contributed by atoms with van der Waals surface area (Å²) in [6, 6.07) is 20.9. The predicted molar refractivity (Wildman–Crippen MR) is 153 cm³/mol. The lowest BCUT2D eigenvalue weighted by Crippen LogP contribution is -2.25. The maximum Gasteiger partial charge on any atom is 0.573 e. The van der Waals surface area contributed by atoms with Crippen molar-refractivity contribution in [3.05, 3.63) is 95.8 Å². The Hall–Kier alpha value is -4.51. The molecule has 0 atom stereocenters. The van der Waals surface area contributed by atoms with E-state index >= 15 is 0 Å². The smallest absolute Gasteiger partial charge is 0.406 e. The third-order valence-electron chi connectivity index (χ3n) is 6.27. The van der Waals surface area contributed by atoms with Gasteiger partial charge in [0.05, 0.1) is 23.2 Å². The fourth-order valence-corrected chi connectivity index (χ4v) is 4.74. The first kappa shape index (κ1) is 27.1. The van der Waals surface area contributed by atoms with Crippen LogP contribution in [-0.2, 0) is 0 Å². The number of urea groups is 1. The number of hydrogen-bond donors (Lipinski definition) is 1. The summed E-state index contributed by atoms with van der Waals surface area (Å²) in [7, 11) is 1.65. The highest BCUT2D eigenvalue weighted by Crippen LogP contribution is 2.29. The highest BCUT2D eigenvalue weighted by Gasteiger charge is 2.31. The average molecular weight is 564 g/mol. The summed E-state index contributed by atoms with van der Waals surface area (Å²) in [4.78, 5) is 17.1. The van der Waals surface area contributed by atoms with Gasteiger partial charge in [0, 0.05) is 30.0 Å². The van der Waals surface area contributed by atoms with Crippen molar-refractivity contribution < 1.29 is 22.7 Å². The zero-order valence-electron chi connectivity index (χ0n) is 21.7. The van der Waals surface area contributed by atoms with Gasteiger partial charge in [0.1, 0.15) is 12.1 Å². The molecule has 0 unspecified atom stereocenters. The SMILES string of the molecule is Cc1cccc(C)c1NC(=O)N(C)S/N=C/c1ccc2c(ccc3c2ncn3-c2ccc(OC(F)(F)F)cc2)c1. The Morgan fingerprint density at radius 2 is 1.77 bits per heavy atom. The minimum absolute atomic E-state index is 0.279. The van der Waals surface area contributed by atoms with Crippen molar-refractivity contribution >= 4 is 51.9 Å². The van der Waals surface area contributed by atoms with Crippen LogP contribution < -0.4 is 10.1 Å². The number of ether oxygens (including phenoxy) is 1. The summed E-state index contributed by atoms with van der Waals surface area (Å²) in [5, 5.41) is 4.79. The van der Waals surface area contributed by atoms with Crippen LogP contribution in [0.5, 0.6) is 5.75 Å². The van der Waals surface area contributed by atoms with Crippen LogP contribution in [0, 0.1) is 13.8 Å². The second-order valence-electron chi connectivity index (χ2n) is 9.08. The number of nitrogens with zero attached hydrogens (tertiary/aromatic N) is 4. The molecule has 0 spiro atoms. The molecular formula is C29H24F3N5O2S. The number of anilines is 1. The lowest BCUT2D eigenvalue weighted by molar-refractivity contribution is -0.274. The monoisotopic (exact) mass is 563 g/mol. The van der Waals surface area contributed by atoms with Crippen LogP contribution in [0.4, 0.5) is 23.7 Å². The van der Waals surface area contributed by atoms with Gasteiger partial charge in [0.2, 0.25) is 0 Å². The number of para-hydroxylation sites is 1. The molecule has 1 heterocycles. The Morgan fingerprint density at radius 1 is 1.05 bits per heavy atom. The maximum atomic E-state index is 12.6. The van der Waals surface area contributed by atoms with Gasteiger partial charge in [-0.1, -0.05) is 36.4 Å². The Kier molecular flexibility index (Phi) is 7.40. The fraction of sp³-hybridized carbons (Fsp3) is 0.138. The molecule has 0 aliphatic heterocycles. The van der Waals surface area contributed by atoms with Crippen LogP contribution in [-0.4, -0.2) is 39.5 Å². The fourth-order valence-electron chi connectivity index (χ4n) is 4.31. The zero-order valence-corrected chi connectivity index (χ0v) is 22.5. The van der Waals surface area contributed by atoms with E-state index in [9.17, 15) is 18.0 Å². The molecule has 0 bridgehead atoms. The number of imidazole rings is 1. The second-order valence-corrected chi connectivity index (χ2v) is 10.0. The highest BCUT2D eigenvalue weighted by molar-refractivity contribution is 7.96. The van der Waals surface area contributed by atoms with Gasteiger partial charge in [0.15, 0.2) is 0 Å². The van der Waals surface area contributed by atoms with E-state index in [2.05, 4.69) is 19.4 Å². The van der Waals surface area contributed by atoms with Gasteiger partial charge >= 0.3 is 12.4 Å². The van der Waals surface area contributed by atoms with Crippen molar-refractivity contribution in [2.24, 2.45) is 4.40 Å². The third kappa shape index (κ3) is 5.89. The van der Waals surface area contributed by atoms with E-state index in [1.54, 1.807) is 36.3 Å². The van der Waals surface area contributed by atoms with Gasteiger partial charge in [-0.2, -0.15) is 0 Å². The van der Waals surface area contributed by atoms with Crippen molar-refractivity contribution in [1.29, 1.82) is 0 Å². The number of rotatable bonds is 6. The number of carbonyl (C=O) groups excluding carboxylic acids is 1. The molecular weight excluding hydrogens is 539 g/mol. The normalized spacial score (nSPS) is 11.8. The summed E-state index contributed by atoms with van der Waals surface area (Å²) in [6.07, 6.45) is -1.43. The highest BCUT2D eigenvalue weighted by atomic mass is 32.2. The molecule has 2 amide bonds. The molecule has 5 rings (SSSR count). The van der Waals surface area contributed by atoms with E-state index in [-0.39, 0.29) is 11.8 Å². The molecule has 40 heavy (non-hydrogen) atoms. The molecule has 7 nitrogen and oxygen atoms in total. The molecule has 0 radical (unpaired) electrons. The van der Waals surface area contributed by atoms with Crippen LogP contribution in [0.15, 0.2) is 83.5 Å². The van der Waals surface area contributed by atoms with E-state index in [4.69, 9.17) is 0 Å². The number of nitrogens with one attached hydrogen (secondary N) is 1. The van der Waals surface area contributed by atoms with Crippen molar-refractivity contribution in [3.63, 3.8) is 0 Å². The number of carbonyl (C=O) groups is 1. The lowest BCUT2D eigenvalue weighted by Gasteiger charge is -2.16. The summed E-state index contributed by atoms with van der Waals surface area (Å²) in [6.45, 7) is 3.89. The average Bonchev–Trinajstić information content (AvgIpc) is 3.34. The first-order chi connectivity index (χ1) is 19.1. The molecule has 5 aromatic rings. The van der Waals surface area contributed by atoms with Crippen LogP contribution >= 0.6 is 12.1 Å². The molecule has 11 heteroatoms. The predicted octanol–water partition coefficient (Wildman–Crippen LogP) is 7.84. The van der Waals surface area contributed by atoms with E-state index in [1.807, 2.05) is 62.4 Å². The first-order valence-electron chi connectivity index (χ1n) is 12.2. The Bertz CT molecular complexity index is 1710. The number of alkyl halides is 3. The van der Waals surface area contributed by atoms with Crippen molar-refractivity contribution in [1.82, 2.24) is 13.9 Å². The minimum atomic E-state index is -4.74. The molecule has 1 N–H and O–H groups in total. The number of aromatic nitrogens is 2. The zero-order chi connectivity index (χ0) is 28.4. The van der Waals surface area contributed by atoms with Crippen LogP contribution in [0.1, 0.15) is 16.7 Å². The van der Waals surface area contributed by atoms with Crippen LogP contribution in [0.3, 0.4) is 0 Å². The Balaban J connectivity index is 1.29. The summed E-state index contributed by atoms with van der Waals surface area (Å²) in [5.41, 5.74) is 5.84. The van der Waals surface area contributed by atoms with Crippen LogP contribution in [0.2, 0.25) is 0 Å². The van der Waals surface area contributed by atoms with E-state index in [0.717, 1.165) is 56.3 Å². The number of aryl methyl sites for hydroxylation is 2. The topological polar surface area (TPSA) is 71.8 Å². The standard InChI is InChI=1S/C29H24F3N5O2S/c1-18-5-4-6-19(2)26(18)35-28(38)36(3)40-34-16-20-7-13-24-21(15-20)8-14-25-27(24)33-17-37(25)22-9-11-23(12-10-22)39-29(30,31)32/h4-17H,1-3H3,(H,35,38)/b34-16+. The molecule has 0 saturated heterocycles. The van der Waals surface area contributed by atoms with Crippen molar-refractivity contribution in [3.8, 4) is 11.4 Å². The summed E-state index contributed by atoms with van der Waals surface area (Å²) in [5.74, 6) is -0.285. The second kappa shape index (κ2) is 10.9. The molecule has 204 valence electrons. The lowest BCUT2D eigenvalue weighted by atomic mass is 10.1. The van der Waals surface area contributed by atoms with E-state index < -0.39 is 6.36 Å². The maximum absolute atomic E-state index is 12.6. The summed E-state index contributed by atoms with van der Waals surface area (Å²) >= 11 is 1.03. The Labute approximate surface area is 232 Å². The molecule has 0 saturated carbocycles. The minimum Gasteiger partial charge on any atom is -0.406 e. The molecule has 4 aromatic carbocycles. The first-order valence-corrected chi connectivity index (χ1v) is 12.9. The van der Waals surface area contributed by atoms with E-state index in [0.29, 0.717) is 5.69 Å². The van der Waals surface area contributed by atoms with Crippen LogP contribution in [0.25, 0.3) is 27.5 Å². The van der Waals surface area contributed by atoms with Gasteiger partial charge in [-0.25, -0.2) is 14.2 Å². The van der Waals surface area contributed by atoms with Crippen molar-refractivity contribution in [2.45, 2.75) is 20.2 Å². The number of hydrogen-bond acceptors (Lipinski definition) is 5. The quantitative estimate of drug-likeness (QED) is 0.169. The number of halogens is 3. The number of benzene rings is 4. The largest absolute Gasteiger partial charge is 0.573 e. The van der Waals surface area contributed by atoms with E-state index in [1.165, 1.54) is 16.4 Å². The van der Waals surface area contributed by atoms with Crippen molar-refractivity contribution in [2.75, 3.05) is 12.4 Å².